The molecule has 1 saturated carbocycles. The van der Waals surface area contributed by atoms with E-state index in [1.807, 2.05) is 42.5 Å². The van der Waals surface area contributed by atoms with Gasteiger partial charge in [-0.25, -0.2) is 9.18 Å². The Balaban J connectivity index is 1.22. The molecule has 0 radical (unpaired) electrons. The van der Waals surface area contributed by atoms with Gasteiger partial charge in [0.25, 0.3) is 0 Å². The first-order valence-corrected chi connectivity index (χ1v) is 14.2. The van der Waals surface area contributed by atoms with Gasteiger partial charge in [0, 0.05) is 34.8 Å². The Bertz CT molecular complexity index is 1550. The maximum atomic E-state index is 13.4. The number of ether oxygens (including phenoxy) is 2. The molecule has 7 nitrogen and oxygen atoms in total. The first kappa shape index (κ1) is 29.5. The Hall–Kier alpha value is -4.98. The zero-order chi connectivity index (χ0) is 30.2. The van der Waals surface area contributed by atoms with Crippen LogP contribution in [0.3, 0.4) is 0 Å². The van der Waals surface area contributed by atoms with Crippen LogP contribution in [0, 0.1) is 11.7 Å². The maximum Gasteiger partial charge on any atom is 0.328 e. The summed E-state index contributed by atoms with van der Waals surface area (Å²) in [6.45, 7) is 0.589. The topological polar surface area (TPSA) is 84.9 Å². The molecule has 8 heteroatoms. The third-order valence-corrected chi connectivity index (χ3v) is 7.30. The molecule has 4 aromatic rings. The fraction of sp³-hybridized carbons (Fsp3) is 0.229. The molecule has 0 heterocycles. The Morgan fingerprint density at radius 3 is 2.23 bits per heavy atom. The summed E-state index contributed by atoms with van der Waals surface area (Å²) in [5, 5.41) is 3.22. The zero-order valence-electron chi connectivity index (χ0n) is 23.9. The zero-order valence-corrected chi connectivity index (χ0v) is 23.9. The van der Waals surface area contributed by atoms with Crippen molar-refractivity contribution in [3.05, 3.63) is 126 Å². The average Bonchev–Trinajstić information content (AvgIpc) is 3.90. The van der Waals surface area contributed by atoms with Crippen LogP contribution in [0.25, 0.3) is 0 Å². The molecule has 220 valence electrons. The van der Waals surface area contributed by atoms with Gasteiger partial charge in [0.05, 0.1) is 13.7 Å². The summed E-state index contributed by atoms with van der Waals surface area (Å²) in [6.07, 6.45) is 2.05. The second-order valence-electron chi connectivity index (χ2n) is 10.4. The molecule has 0 saturated heterocycles. The van der Waals surface area contributed by atoms with Crippen molar-refractivity contribution in [1.29, 1.82) is 0 Å². The molecule has 1 fully saturated rings. The minimum absolute atomic E-state index is 0.0177. The van der Waals surface area contributed by atoms with E-state index in [-0.39, 0.29) is 30.0 Å². The summed E-state index contributed by atoms with van der Waals surface area (Å²) >= 11 is 0. The molecular weight excluding hydrogens is 547 g/mol. The number of anilines is 2. The van der Waals surface area contributed by atoms with Gasteiger partial charge in [0.1, 0.15) is 24.2 Å². The van der Waals surface area contributed by atoms with Crippen LogP contribution in [0.5, 0.6) is 5.75 Å². The van der Waals surface area contributed by atoms with E-state index in [0.717, 1.165) is 18.4 Å². The van der Waals surface area contributed by atoms with Crippen molar-refractivity contribution in [3.63, 3.8) is 0 Å². The van der Waals surface area contributed by atoms with Crippen LogP contribution in [0.1, 0.15) is 34.3 Å². The van der Waals surface area contributed by atoms with Crippen molar-refractivity contribution in [1.82, 2.24) is 0 Å². The number of nitrogens with zero attached hydrogens (tertiary/aromatic N) is 1. The van der Waals surface area contributed by atoms with Crippen molar-refractivity contribution >= 4 is 29.0 Å². The molecule has 1 atom stereocenters. The summed E-state index contributed by atoms with van der Waals surface area (Å²) in [7, 11) is 1.33. The summed E-state index contributed by atoms with van der Waals surface area (Å²) in [6, 6.07) is 28.6. The molecule has 0 bridgehead atoms. The monoisotopic (exact) mass is 580 g/mol. The third-order valence-electron chi connectivity index (χ3n) is 7.30. The highest BCUT2D eigenvalue weighted by Crippen LogP contribution is 2.33. The van der Waals surface area contributed by atoms with Crippen molar-refractivity contribution in [3.8, 4) is 5.75 Å². The molecule has 1 N–H and O–H groups in total. The number of carbonyl (C=O) groups is 3. The number of amides is 1. The van der Waals surface area contributed by atoms with E-state index in [1.54, 1.807) is 53.4 Å². The summed E-state index contributed by atoms with van der Waals surface area (Å²) in [4.78, 5) is 40.4. The molecule has 0 unspecified atom stereocenters. The second kappa shape index (κ2) is 13.8. The molecule has 0 aliphatic heterocycles. The Labute approximate surface area is 250 Å². The summed E-state index contributed by atoms with van der Waals surface area (Å²) < 4.78 is 24.4. The van der Waals surface area contributed by atoms with Crippen LogP contribution in [0.4, 0.5) is 15.8 Å². The number of hydrogen-bond donors (Lipinski definition) is 1. The van der Waals surface area contributed by atoms with Crippen molar-refractivity contribution < 1.29 is 28.2 Å². The Morgan fingerprint density at radius 1 is 0.884 bits per heavy atom. The van der Waals surface area contributed by atoms with Crippen LogP contribution < -0.4 is 15.0 Å². The number of benzene rings is 4. The van der Waals surface area contributed by atoms with Crippen molar-refractivity contribution in [2.75, 3.05) is 30.5 Å². The highest BCUT2D eigenvalue weighted by Gasteiger charge is 2.34. The van der Waals surface area contributed by atoms with E-state index in [4.69, 9.17) is 9.47 Å². The van der Waals surface area contributed by atoms with Gasteiger partial charge < -0.3 is 19.7 Å². The number of carbonyl (C=O) groups excluding carboxylic acids is 3. The lowest BCUT2D eigenvalue weighted by Gasteiger charge is -2.23. The fourth-order valence-corrected chi connectivity index (χ4v) is 4.83. The molecule has 5 rings (SSSR count). The maximum absolute atomic E-state index is 13.4. The highest BCUT2D eigenvalue weighted by atomic mass is 19.1. The van der Waals surface area contributed by atoms with E-state index in [9.17, 15) is 18.8 Å². The largest absolute Gasteiger partial charge is 0.492 e. The van der Waals surface area contributed by atoms with Gasteiger partial charge >= 0.3 is 5.97 Å². The van der Waals surface area contributed by atoms with E-state index in [0.29, 0.717) is 41.2 Å². The SMILES string of the molecule is COC(=O)[C@H](Cc1ccc(OCCN(C(=O)C2CC2)c2ccc(F)cc2)cc1)Nc1ccccc1C(=O)c1ccccc1. The van der Waals surface area contributed by atoms with Crippen LogP contribution in [0.15, 0.2) is 103 Å². The normalized spacial score (nSPS) is 13.1. The first-order chi connectivity index (χ1) is 20.9. The van der Waals surface area contributed by atoms with Crippen molar-refractivity contribution in [2.24, 2.45) is 5.92 Å². The van der Waals surface area contributed by atoms with Crippen LogP contribution in [-0.4, -0.2) is 44.0 Å². The number of rotatable bonds is 13. The third kappa shape index (κ3) is 7.65. The minimum Gasteiger partial charge on any atom is -0.492 e. The van der Waals surface area contributed by atoms with Gasteiger partial charge in [0.2, 0.25) is 5.91 Å². The van der Waals surface area contributed by atoms with Crippen LogP contribution in [0.2, 0.25) is 0 Å². The van der Waals surface area contributed by atoms with E-state index in [1.165, 1.54) is 19.2 Å². The first-order valence-electron chi connectivity index (χ1n) is 14.2. The molecule has 1 amide bonds. The van der Waals surface area contributed by atoms with Gasteiger partial charge in [-0.2, -0.15) is 0 Å². The average molecular weight is 581 g/mol. The fourth-order valence-electron chi connectivity index (χ4n) is 4.83. The molecular formula is C35H33FN2O5. The molecule has 4 aromatic carbocycles. The minimum atomic E-state index is -0.737. The molecule has 1 aliphatic rings. The number of ketones is 1. The quantitative estimate of drug-likeness (QED) is 0.153. The van der Waals surface area contributed by atoms with Crippen molar-refractivity contribution in [2.45, 2.75) is 25.3 Å². The van der Waals surface area contributed by atoms with Gasteiger partial charge in [-0.15, -0.1) is 0 Å². The Morgan fingerprint density at radius 2 is 1.56 bits per heavy atom. The van der Waals surface area contributed by atoms with Crippen LogP contribution >= 0.6 is 0 Å². The lowest BCUT2D eigenvalue weighted by Crippen LogP contribution is -2.35. The summed E-state index contributed by atoms with van der Waals surface area (Å²) in [5.41, 5.74) is 3.06. The summed E-state index contributed by atoms with van der Waals surface area (Å²) in [5.74, 6) is -0.297. The number of para-hydroxylation sites is 1. The standard InChI is InChI=1S/C35H33FN2O5/c1-42-35(41)32(37-31-10-6-5-9-30(31)33(39)25-7-3-2-4-8-25)23-24-11-19-29(20-12-24)43-22-21-38(34(40)26-13-14-26)28-17-15-27(36)16-18-28/h2-12,15-20,26,32,37H,13-14,21-23H2,1H3/t32-/m0/s1. The lowest BCUT2D eigenvalue weighted by molar-refractivity contribution is -0.141. The predicted molar refractivity (Wildman–Crippen MR) is 163 cm³/mol. The lowest BCUT2D eigenvalue weighted by atomic mass is 10.00. The van der Waals surface area contributed by atoms with Gasteiger partial charge in [-0.05, 0) is 66.9 Å². The van der Waals surface area contributed by atoms with Gasteiger partial charge in [0.15, 0.2) is 5.78 Å². The Kier molecular flexibility index (Phi) is 9.46. The van der Waals surface area contributed by atoms with Gasteiger partial charge in [-0.1, -0.05) is 54.6 Å². The molecule has 43 heavy (non-hydrogen) atoms. The second-order valence-corrected chi connectivity index (χ2v) is 10.4. The number of methoxy groups -OCH3 is 1. The predicted octanol–water partition coefficient (Wildman–Crippen LogP) is 6.07. The molecule has 0 aromatic heterocycles. The molecule has 1 aliphatic carbocycles. The number of nitrogens with one attached hydrogen (secondary N) is 1. The van der Waals surface area contributed by atoms with Gasteiger partial charge in [-0.3, -0.25) is 9.59 Å². The smallest absolute Gasteiger partial charge is 0.328 e. The number of hydrogen-bond acceptors (Lipinski definition) is 6. The van der Waals surface area contributed by atoms with E-state index < -0.39 is 12.0 Å². The van der Waals surface area contributed by atoms with E-state index >= 15 is 0 Å². The number of esters is 1. The molecule has 0 spiro atoms. The van der Waals surface area contributed by atoms with E-state index in [2.05, 4.69) is 5.32 Å². The van der Waals surface area contributed by atoms with Crippen LogP contribution in [-0.2, 0) is 20.7 Å². The highest BCUT2D eigenvalue weighted by molar-refractivity contribution is 6.12. The number of halogens is 1.